The number of nitrogens with zero attached hydrogens (tertiary/aromatic N) is 2. The van der Waals surface area contributed by atoms with Gasteiger partial charge in [-0.1, -0.05) is 0 Å². The number of primary amides is 1. The van der Waals surface area contributed by atoms with Crippen LogP contribution >= 0.6 is 0 Å². The molecule has 0 aromatic carbocycles. The summed E-state index contributed by atoms with van der Waals surface area (Å²) in [4.78, 5) is 18.9. The van der Waals surface area contributed by atoms with Crippen LogP contribution in [0.2, 0.25) is 0 Å². The van der Waals surface area contributed by atoms with E-state index in [1.807, 2.05) is 6.92 Å². The van der Waals surface area contributed by atoms with Gasteiger partial charge >= 0.3 is 6.09 Å². The summed E-state index contributed by atoms with van der Waals surface area (Å²) < 4.78 is 9.62. The zero-order chi connectivity index (χ0) is 14.1. The molecule has 8 nitrogen and oxygen atoms in total. The average Bonchev–Trinajstić information content (AvgIpc) is 2.35. The van der Waals surface area contributed by atoms with E-state index in [-0.39, 0.29) is 6.61 Å². The van der Waals surface area contributed by atoms with E-state index in [0.717, 1.165) is 6.54 Å². The van der Waals surface area contributed by atoms with Crippen LogP contribution in [0.5, 0.6) is 0 Å². The average molecular weight is 269 g/mol. The Kier molecular flexibility index (Phi) is 6.37. The van der Waals surface area contributed by atoms with Gasteiger partial charge in [-0.15, -0.1) is 0 Å². The monoisotopic (exact) mass is 269 g/mol. The first-order chi connectivity index (χ1) is 9.15. The highest BCUT2D eigenvalue weighted by molar-refractivity contribution is 5.64. The molecule has 0 aliphatic heterocycles. The summed E-state index contributed by atoms with van der Waals surface area (Å²) in [5.74, 6) is 1.91. The molecule has 0 unspecified atom stereocenters. The molecule has 0 saturated carbocycles. The maximum atomic E-state index is 10.4. The number of hydrogen-bond donors (Lipinski definition) is 3. The third-order valence-corrected chi connectivity index (χ3v) is 2.06. The van der Waals surface area contributed by atoms with Crippen molar-refractivity contribution >= 4 is 17.7 Å². The van der Waals surface area contributed by atoms with Gasteiger partial charge in [-0.25, -0.2) is 14.8 Å². The van der Waals surface area contributed by atoms with Gasteiger partial charge in [-0.05, 0) is 6.92 Å². The fraction of sp³-hybridized carbons (Fsp3) is 0.545. The van der Waals surface area contributed by atoms with Crippen molar-refractivity contribution in [3.8, 4) is 0 Å². The van der Waals surface area contributed by atoms with E-state index in [9.17, 15) is 4.79 Å². The number of methoxy groups -OCH3 is 1. The lowest BCUT2D eigenvalue weighted by Crippen LogP contribution is -2.19. The Morgan fingerprint density at radius 3 is 2.63 bits per heavy atom. The zero-order valence-corrected chi connectivity index (χ0v) is 11.1. The highest BCUT2D eigenvalue weighted by Crippen LogP contribution is 2.11. The van der Waals surface area contributed by atoms with Gasteiger partial charge in [0.05, 0.1) is 6.54 Å². The highest BCUT2D eigenvalue weighted by Gasteiger charge is 2.04. The van der Waals surface area contributed by atoms with Crippen molar-refractivity contribution in [1.29, 1.82) is 0 Å². The number of rotatable bonds is 8. The van der Waals surface area contributed by atoms with E-state index in [2.05, 4.69) is 25.3 Å². The number of amides is 1. The van der Waals surface area contributed by atoms with E-state index in [1.165, 1.54) is 0 Å². The van der Waals surface area contributed by atoms with Crippen molar-refractivity contribution in [3.63, 3.8) is 0 Å². The van der Waals surface area contributed by atoms with E-state index in [4.69, 9.17) is 10.5 Å². The number of carbonyl (C=O) groups excluding carboxylic acids is 1. The molecule has 0 spiro atoms. The van der Waals surface area contributed by atoms with Crippen molar-refractivity contribution in [2.24, 2.45) is 5.73 Å². The van der Waals surface area contributed by atoms with Gasteiger partial charge in [0, 0.05) is 19.7 Å². The van der Waals surface area contributed by atoms with Gasteiger partial charge in [-0.3, -0.25) is 0 Å². The Labute approximate surface area is 111 Å². The van der Waals surface area contributed by atoms with E-state index < -0.39 is 6.09 Å². The second-order valence-corrected chi connectivity index (χ2v) is 3.61. The number of anilines is 2. The topological polar surface area (TPSA) is 111 Å². The van der Waals surface area contributed by atoms with Gasteiger partial charge in [0.25, 0.3) is 0 Å². The van der Waals surface area contributed by atoms with Crippen molar-refractivity contribution in [1.82, 2.24) is 9.97 Å². The molecule has 0 saturated heterocycles. The smallest absolute Gasteiger partial charge is 0.404 e. The number of aromatic nitrogens is 2. The summed E-state index contributed by atoms with van der Waals surface area (Å²) in [6.45, 7) is 3.65. The minimum atomic E-state index is -0.794. The van der Waals surface area contributed by atoms with Crippen LogP contribution in [0.15, 0.2) is 6.07 Å². The van der Waals surface area contributed by atoms with E-state index in [1.54, 1.807) is 13.2 Å². The molecule has 1 aromatic rings. The summed E-state index contributed by atoms with van der Waals surface area (Å²) in [7, 11) is 1.58. The van der Waals surface area contributed by atoms with Gasteiger partial charge in [0.1, 0.15) is 24.8 Å². The second-order valence-electron chi connectivity index (χ2n) is 3.61. The summed E-state index contributed by atoms with van der Waals surface area (Å²) in [6, 6.07) is 1.77. The fourth-order valence-corrected chi connectivity index (χ4v) is 1.38. The first kappa shape index (κ1) is 15.0. The molecule has 0 aliphatic rings. The van der Waals surface area contributed by atoms with Gasteiger partial charge in [-0.2, -0.15) is 0 Å². The van der Waals surface area contributed by atoms with Crippen molar-refractivity contribution in [3.05, 3.63) is 11.9 Å². The number of nitrogens with one attached hydrogen (secondary N) is 2. The van der Waals surface area contributed by atoms with Gasteiger partial charge in [0.2, 0.25) is 0 Å². The first-order valence-corrected chi connectivity index (χ1v) is 5.92. The van der Waals surface area contributed by atoms with Crippen molar-refractivity contribution in [2.75, 3.05) is 37.4 Å². The molecule has 0 atom stereocenters. The number of carbonyl (C=O) groups is 1. The minimum Gasteiger partial charge on any atom is -0.448 e. The molecule has 1 rings (SSSR count). The van der Waals surface area contributed by atoms with Crippen LogP contribution in [0, 0.1) is 0 Å². The Bertz CT molecular complexity index is 389. The lowest BCUT2D eigenvalue weighted by atomic mass is 10.4. The standard InChI is InChI=1S/C11H19N5O3/c1-3-13-8-6-9(14-4-5-19-11(12)17)16-10(15-8)7-18-2/h6H,3-5,7H2,1-2H3,(H2,12,17)(H2,13,14,15,16). The molecule has 0 aliphatic carbocycles. The van der Waals surface area contributed by atoms with Crippen molar-refractivity contribution < 1.29 is 14.3 Å². The van der Waals surface area contributed by atoms with Crippen LogP contribution in [0.1, 0.15) is 12.7 Å². The molecular formula is C11H19N5O3. The minimum absolute atomic E-state index is 0.176. The summed E-state index contributed by atoms with van der Waals surface area (Å²) in [5.41, 5.74) is 4.86. The molecule has 106 valence electrons. The fourth-order valence-electron chi connectivity index (χ4n) is 1.38. The number of nitrogens with two attached hydrogens (primary N) is 1. The van der Waals surface area contributed by atoms with Crippen LogP contribution in [0.25, 0.3) is 0 Å². The Morgan fingerprint density at radius 2 is 2.05 bits per heavy atom. The predicted octanol–water partition coefficient (Wildman–Crippen LogP) is 0.562. The Balaban J connectivity index is 2.61. The van der Waals surface area contributed by atoms with Crippen LogP contribution in [-0.2, 0) is 16.1 Å². The Morgan fingerprint density at radius 1 is 1.37 bits per heavy atom. The molecule has 4 N–H and O–H groups in total. The quantitative estimate of drug-likeness (QED) is 0.591. The van der Waals surface area contributed by atoms with Crippen LogP contribution in [0.4, 0.5) is 16.4 Å². The first-order valence-electron chi connectivity index (χ1n) is 5.92. The van der Waals surface area contributed by atoms with E-state index in [0.29, 0.717) is 30.6 Å². The maximum absolute atomic E-state index is 10.4. The third-order valence-electron chi connectivity index (χ3n) is 2.06. The molecule has 0 bridgehead atoms. The maximum Gasteiger partial charge on any atom is 0.404 e. The molecule has 0 radical (unpaired) electrons. The van der Waals surface area contributed by atoms with Crippen molar-refractivity contribution in [2.45, 2.75) is 13.5 Å². The molecule has 0 fully saturated rings. The molecular weight excluding hydrogens is 250 g/mol. The summed E-state index contributed by atoms with van der Waals surface area (Å²) >= 11 is 0. The molecule has 1 heterocycles. The SMILES string of the molecule is CCNc1cc(NCCOC(N)=O)nc(COC)n1. The second kappa shape index (κ2) is 8.09. The van der Waals surface area contributed by atoms with Gasteiger partial charge in [0.15, 0.2) is 5.82 Å². The van der Waals surface area contributed by atoms with Crippen LogP contribution < -0.4 is 16.4 Å². The highest BCUT2D eigenvalue weighted by atomic mass is 16.5. The third kappa shape index (κ3) is 5.87. The summed E-state index contributed by atoms with van der Waals surface area (Å²) in [5, 5.41) is 6.12. The lowest BCUT2D eigenvalue weighted by molar-refractivity contribution is 0.161. The number of ether oxygens (including phenoxy) is 2. The predicted molar refractivity (Wildman–Crippen MR) is 70.9 cm³/mol. The normalized spacial score (nSPS) is 10.0. The zero-order valence-electron chi connectivity index (χ0n) is 11.1. The Hall–Kier alpha value is -2.09. The van der Waals surface area contributed by atoms with Crippen LogP contribution in [0.3, 0.4) is 0 Å². The lowest BCUT2D eigenvalue weighted by Gasteiger charge is -2.10. The largest absolute Gasteiger partial charge is 0.448 e. The molecule has 1 amide bonds. The van der Waals surface area contributed by atoms with E-state index >= 15 is 0 Å². The van der Waals surface area contributed by atoms with Crippen LogP contribution in [-0.4, -0.2) is 42.9 Å². The van der Waals surface area contributed by atoms with Gasteiger partial charge < -0.3 is 25.8 Å². The summed E-state index contributed by atoms with van der Waals surface area (Å²) in [6.07, 6.45) is -0.794. The number of hydrogen-bond acceptors (Lipinski definition) is 7. The molecule has 19 heavy (non-hydrogen) atoms. The molecule has 1 aromatic heterocycles. The molecule has 8 heteroatoms.